The number of anilines is 3. The van der Waals surface area contributed by atoms with Gasteiger partial charge in [-0.1, -0.05) is 18.2 Å². The van der Waals surface area contributed by atoms with Gasteiger partial charge in [0.05, 0.1) is 5.69 Å². The largest absolute Gasteiger partial charge is 0.384 e. The van der Waals surface area contributed by atoms with Gasteiger partial charge in [-0.05, 0) is 12.1 Å². The lowest BCUT2D eigenvalue weighted by molar-refractivity contribution is 0.708. The van der Waals surface area contributed by atoms with Crippen molar-refractivity contribution in [2.45, 2.75) is 0 Å². The summed E-state index contributed by atoms with van der Waals surface area (Å²) in [6, 6.07) is 11.0. The van der Waals surface area contributed by atoms with Gasteiger partial charge in [-0.2, -0.15) is 0 Å². The first-order chi connectivity index (χ1) is 10.5. The van der Waals surface area contributed by atoms with Gasteiger partial charge in [0.1, 0.15) is 11.2 Å². The average Bonchev–Trinajstić information content (AvgIpc) is 2.51. The molecule has 3 N–H and O–H groups in total. The molecule has 0 atom stereocenters. The molecule has 1 aromatic carbocycles. The van der Waals surface area contributed by atoms with E-state index >= 15 is 0 Å². The second-order valence-corrected chi connectivity index (χ2v) is 4.99. The van der Waals surface area contributed by atoms with Gasteiger partial charge in [0, 0.05) is 25.8 Å². The molecule has 112 valence electrons. The maximum absolute atomic E-state index is 12.5. The van der Waals surface area contributed by atoms with Crippen LogP contribution in [0, 0.1) is 0 Å². The monoisotopic (exact) mass is 297 g/mol. The van der Waals surface area contributed by atoms with Crippen molar-refractivity contribution in [3.05, 3.63) is 57.2 Å². The van der Waals surface area contributed by atoms with Gasteiger partial charge < -0.3 is 11.1 Å². The number of hydrogen-bond acceptors (Lipinski definition) is 5. The van der Waals surface area contributed by atoms with Crippen LogP contribution in [0.5, 0.6) is 0 Å². The van der Waals surface area contributed by atoms with Gasteiger partial charge in [-0.25, -0.2) is 9.78 Å². The van der Waals surface area contributed by atoms with Crippen LogP contribution in [0.3, 0.4) is 0 Å². The van der Waals surface area contributed by atoms with Crippen molar-refractivity contribution in [1.29, 1.82) is 0 Å². The van der Waals surface area contributed by atoms with Crippen molar-refractivity contribution >= 4 is 28.2 Å². The third kappa shape index (κ3) is 2.12. The Labute approximate surface area is 125 Å². The summed E-state index contributed by atoms with van der Waals surface area (Å²) >= 11 is 0. The van der Waals surface area contributed by atoms with Gasteiger partial charge >= 0.3 is 5.69 Å². The Morgan fingerprint density at radius 1 is 1.09 bits per heavy atom. The Hall–Kier alpha value is -3.09. The zero-order valence-electron chi connectivity index (χ0n) is 12.2. The second kappa shape index (κ2) is 5.03. The molecule has 7 nitrogen and oxygen atoms in total. The van der Waals surface area contributed by atoms with E-state index in [1.807, 2.05) is 30.3 Å². The Morgan fingerprint density at radius 2 is 1.77 bits per heavy atom. The lowest BCUT2D eigenvalue weighted by Crippen LogP contribution is -2.37. The molecule has 0 aliphatic rings. The van der Waals surface area contributed by atoms with E-state index in [-0.39, 0.29) is 11.5 Å². The van der Waals surface area contributed by atoms with E-state index in [0.717, 1.165) is 10.3 Å². The Morgan fingerprint density at radius 3 is 2.45 bits per heavy atom. The molecule has 0 aliphatic heterocycles. The zero-order chi connectivity index (χ0) is 15.9. The van der Waals surface area contributed by atoms with E-state index in [4.69, 9.17) is 5.73 Å². The smallest absolute Gasteiger partial charge is 0.332 e. The summed E-state index contributed by atoms with van der Waals surface area (Å²) in [6.07, 6.45) is 0. The average molecular weight is 297 g/mol. The van der Waals surface area contributed by atoms with Crippen LogP contribution in [0.1, 0.15) is 0 Å². The standard InChI is InChI=1S/C15H15N5O2/c1-19-13-12(14(21)20(2)15(19)22)10(8-11(16)18-13)17-9-6-4-3-5-7-9/h3-8H,1-2H3,(H3,16,17,18). The minimum Gasteiger partial charge on any atom is -0.384 e. The van der Waals surface area contributed by atoms with E-state index in [1.54, 1.807) is 13.1 Å². The molecule has 2 aromatic heterocycles. The van der Waals surface area contributed by atoms with Crippen molar-refractivity contribution in [1.82, 2.24) is 14.1 Å². The number of benzene rings is 1. The minimum atomic E-state index is -0.443. The number of hydrogen-bond donors (Lipinski definition) is 2. The highest BCUT2D eigenvalue weighted by Gasteiger charge is 2.15. The molecule has 22 heavy (non-hydrogen) atoms. The number of para-hydroxylation sites is 1. The molecular weight excluding hydrogens is 282 g/mol. The van der Waals surface area contributed by atoms with Crippen LogP contribution in [0.25, 0.3) is 11.0 Å². The molecule has 0 bridgehead atoms. The fourth-order valence-electron chi connectivity index (χ4n) is 2.35. The van der Waals surface area contributed by atoms with E-state index in [2.05, 4.69) is 10.3 Å². The van der Waals surface area contributed by atoms with Gasteiger partial charge in [0.25, 0.3) is 5.56 Å². The predicted molar refractivity (Wildman–Crippen MR) is 86.4 cm³/mol. The van der Waals surface area contributed by atoms with Crippen LogP contribution in [0.4, 0.5) is 17.2 Å². The van der Waals surface area contributed by atoms with Gasteiger partial charge in [0.2, 0.25) is 0 Å². The maximum Gasteiger partial charge on any atom is 0.332 e. The molecular formula is C15H15N5O2. The number of nitrogens with one attached hydrogen (secondary N) is 1. The number of nitrogens with two attached hydrogens (primary N) is 1. The van der Waals surface area contributed by atoms with Crippen LogP contribution < -0.4 is 22.3 Å². The number of aryl methyl sites for hydroxylation is 1. The normalized spacial score (nSPS) is 10.8. The van der Waals surface area contributed by atoms with Gasteiger partial charge in [-0.3, -0.25) is 13.9 Å². The molecule has 2 heterocycles. The summed E-state index contributed by atoms with van der Waals surface area (Å²) in [5.41, 5.74) is 6.54. The first kappa shape index (κ1) is 13.9. The van der Waals surface area contributed by atoms with E-state index in [0.29, 0.717) is 11.1 Å². The fraction of sp³-hybridized carbons (Fsp3) is 0.133. The SMILES string of the molecule is Cn1c(=O)c2c(Nc3ccccc3)cc(N)nc2n(C)c1=O. The zero-order valence-corrected chi connectivity index (χ0v) is 12.2. The molecule has 0 aliphatic carbocycles. The van der Waals surface area contributed by atoms with E-state index < -0.39 is 11.2 Å². The van der Waals surface area contributed by atoms with Crippen LogP contribution in [0.15, 0.2) is 46.0 Å². The Kier molecular flexibility index (Phi) is 3.17. The summed E-state index contributed by atoms with van der Waals surface area (Å²) in [5.74, 6) is 0.231. The number of nitrogen functional groups attached to an aromatic ring is 1. The Balaban J connectivity index is 2.35. The highest BCUT2D eigenvalue weighted by atomic mass is 16.2. The fourth-order valence-corrected chi connectivity index (χ4v) is 2.35. The summed E-state index contributed by atoms with van der Waals surface area (Å²) < 4.78 is 2.36. The number of pyridine rings is 1. The van der Waals surface area contributed by atoms with Gasteiger partial charge in [0.15, 0.2) is 5.65 Å². The molecule has 0 saturated heterocycles. The summed E-state index contributed by atoms with van der Waals surface area (Å²) in [7, 11) is 3.00. The molecule has 0 radical (unpaired) electrons. The molecule has 3 aromatic rings. The van der Waals surface area contributed by atoms with Crippen LogP contribution >= 0.6 is 0 Å². The molecule has 0 unspecified atom stereocenters. The lowest BCUT2D eigenvalue weighted by atomic mass is 10.2. The number of nitrogens with zero attached hydrogens (tertiary/aromatic N) is 3. The predicted octanol–water partition coefficient (Wildman–Crippen LogP) is 0.958. The molecule has 0 fully saturated rings. The summed E-state index contributed by atoms with van der Waals surface area (Å²) in [5, 5.41) is 3.48. The molecule has 7 heteroatoms. The van der Waals surface area contributed by atoms with Crippen molar-refractivity contribution in [2.24, 2.45) is 14.1 Å². The molecule has 0 spiro atoms. The number of aromatic nitrogens is 3. The second-order valence-electron chi connectivity index (χ2n) is 4.99. The first-order valence-electron chi connectivity index (χ1n) is 6.67. The quantitative estimate of drug-likeness (QED) is 0.734. The van der Waals surface area contributed by atoms with E-state index in [9.17, 15) is 9.59 Å². The maximum atomic E-state index is 12.5. The molecule has 3 rings (SSSR count). The summed E-state index contributed by atoms with van der Waals surface area (Å²) in [6.45, 7) is 0. The molecule has 0 saturated carbocycles. The van der Waals surface area contributed by atoms with Crippen LogP contribution in [-0.4, -0.2) is 14.1 Å². The van der Waals surface area contributed by atoms with Crippen molar-refractivity contribution < 1.29 is 0 Å². The third-order valence-corrected chi connectivity index (χ3v) is 3.48. The van der Waals surface area contributed by atoms with Gasteiger partial charge in [-0.15, -0.1) is 0 Å². The Bertz CT molecular complexity index is 973. The van der Waals surface area contributed by atoms with E-state index in [1.165, 1.54) is 11.6 Å². The molecule has 0 amide bonds. The van der Waals surface area contributed by atoms with Crippen molar-refractivity contribution in [3.8, 4) is 0 Å². The highest BCUT2D eigenvalue weighted by molar-refractivity contribution is 5.92. The number of rotatable bonds is 2. The summed E-state index contributed by atoms with van der Waals surface area (Å²) in [4.78, 5) is 28.6. The highest BCUT2D eigenvalue weighted by Crippen LogP contribution is 2.24. The van der Waals surface area contributed by atoms with Crippen molar-refractivity contribution in [2.75, 3.05) is 11.1 Å². The first-order valence-corrected chi connectivity index (χ1v) is 6.67. The van der Waals surface area contributed by atoms with Crippen LogP contribution in [0.2, 0.25) is 0 Å². The minimum absolute atomic E-state index is 0.231. The van der Waals surface area contributed by atoms with Crippen LogP contribution in [-0.2, 0) is 14.1 Å². The van der Waals surface area contributed by atoms with Crippen molar-refractivity contribution in [3.63, 3.8) is 0 Å². The number of fused-ring (bicyclic) bond motifs is 1. The topological polar surface area (TPSA) is 94.9 Å². The lowest BCUT2D eigenvalue weighted by Gasteiger charge is -2.13. The third-order valence-electron chi connectivity index (χ3n) is 3.48.